The molecule has 14 heavy (non-hydrogen) atoms. The largest absolute Gasteiger partial charge is 0.443 e. The Kier molecular flexibility index (Phi) is 1.47. The van der Waals surface area contributed by atoms with Gasteiger partial charge in [0.25, 0.3) is 0 Å². The van der Waals surface area contributed by atoms with Crippen molar-refractivity contribution < 1.29 is 4.42 Å². The predicted molar refractivity (Wildman–Crippen MR) is 53.9 cm³/mol. The van der Waals surface area contributed by atoms with Crippen LogP contribution in [0.25, 0.3) is 11.1 Å². The van der Waals surface area contributed by atoms with Crippen molar-refractivity contribution >= 4 is 11.1 Å². The monoisotopic (exact) mass is 188 g/mol. The number of benzene rings is 1. The lowest BCUT2D eigenvalue weighted by molar-refractivity contribution is 0.602. The molecule has 3 rings (SSSR count). The number of oxazole rings is 1. The number of hydrogen-bond acceptors (Lipinski definition) is 3. The Balaban J connectivity index is 1.97. The standard InChI is InChI=1S/C11H12N2O/c12-11(3-4-11)6-8-1-2-10-9(5-8)13-7-14-10/h1-2,5,7H,3-4,6,12H2. The molecule has 0 amide bonds. The van der Waals surface area contributed by atoms with E-state index in [-0.39, 0.29) is 5.54 Å². The van der Waals surface area contributed by atoms with Gasteiger partial charge in [-0.25, -0.2) is 4.98 Å². The van der Waals surface area contributed by atoms with Crippen molar-refractivity contribution in [2.75, 3.05) is 0 Å². The first-order chi connectivity index (χ1) is 6.75. The van der Waals surface area contributed by atoms with Gasteiger partial charge >= 0.3 is 0 Å². The summed E-state index contributed by atoms with van der Waals surface area (Å²) < 4.78 is 5.18. The summed E-state index contributed by atoms with van der Waals surface area (Å²) in [6, 6.07) is 6.09. The van der Waals surface area contributed by atoms with Crippen LogP contribution in [0.2, 0.25) is 0 Å². The van der Waals surface area contributed by atoms with E-state index in [9.17, 15) is 0 Å². The van der Waals surface area contributed by atoms with Crippen molar-refractivity contribution in [3.8, 4) is 0 Å². The molecule has 1 aliphatic carbocycles. The molecule has 72 valence electrons. The molecule has 0 aliphatic heterocycles. The van der Waals surface area contributed by atoms with Gasteiger partial charge < -0.3 is 10.2 Å². The molecule has 0 unspecified atom stereocenters. The topological polar surface area (TPSA) is 52.0 Å². The third-order valence-corrected chi connectivity index (χ3v) is 2.84. The number of rotatable bonds is 2. The van der Waals surface area contributed by atoms with Gasteiger partial charge in [0.2, 0.25) is 0 Å². The number of nitrogens with zero attached hydrogens (tertiary/aromatic N) is 1. The smallest absolute Gasteiger partial charge is 0.181 e. The quantitative estimate of drug-likeness (QED) is 0.782. The van der Waals surface area contributed by atoms with Crippen LogP contribution < -0.4 is 5.73 Å². The summed E-state index contributed by atoms with van der Waals surface area (Å²) in [6.45, 7) is 0. The lowest BCUT2D eigenvalue weighted by Gasteiger charge is -2.07. The molecule has 0 spiro atoms. The van der Waals surface area contributed by atoms with E-state index in [1.165, 1.54) is 12.0 Å². The first-order valence-corrected chi connectivity index (χ1v) is 4.86. The highest BCUT2D eigenvalue weighted by Crippen LogP contribution is 2.35. The van der Waals surface area contributed by atoms with Crippen molar-refractivity contribution in [1.82, 2.24) is 4.98 Å². The minimum Gasteiger partial charge on any atom is -0.443 e. The van der Waals surface area contributed by atoms with Crippen molar-refractivity contribution in [3.05, 3.63) is 30.2 Å². The minimum absolute atomic E-state index is 0.0669. The van der Waals surface area contributed by atoms with Crippen LogP contribution in [-0.4, -0.2) is 10.5 Å². The van der Waals surface area contributed by atoms with Crippen molar-refractivity contribution in [1.29, 1.82) is 0 Å². The second-order valence-corrected chi connectivity index (χ2v) is 4.19. The molecule has 1 aliphatic rings. The second-order valence-electron chi connectivity index (χ2n) is 4.19. The predicted octanol–water partition coefficient (Wildman–Crippen LogP) is 1.86. The Bertz CT molecular complexity index is 471. The van der Waals surface area contributed by atoms with E-state index >= 15 is 0 Å². The molecular formula is C11H12N2O. The summed E-state index contributed by atoms with van der Waals surface area (Å²) in [5, 5.41) is 0. The first-order valence-electron chi connectivity index (χ1n) is 4.86. The van der Waals surface area contributed by atoms with E-state index in [4.69, 9.17) is 10.2 Å². The SMILES string of the molecule is NC1(Cc2ccc3ocnc3c2)CC1. The van der Waals surface area contributed by atoms with Crippen LogP contribution in [0.3, 0.4) is 0 Å². The van der Waals surface area contributed by atoms with Crippen LogP contribution in [-0.2, 0) is 6.42 Å². The van der Waals surface area contributed by atoms with Gasteiger partial charge in [0.05, 0.1) is 0 Å². The van der Waals surface area contributed by atoms with Crippen LogP contribution >= 0.6 is 0 Å². The summed E-state index contributed by atoms with van der Waals surface area (Å²) in [7, 11) is 0. The Morgan fingerprint density at radius 3 is 3.07 bits per heavy atom. The van der Waals surface area contributed by atoms with E-state index in [2.05, 4.69) is 17.1 Å². The van der Waals surface area contributed by atoms with Gasteiger partial charge in [-0.05, 0) is 37.0 Å². The molecule has 3 heteroatoms. The Morgan fingerprint density at radius 1 is 1.43 bits per heavy atom. The second kappa shape index (κ2) is 2.58. The molecule has 1 fully saturated rings. The van der Waals surface area contributed by atoms with E-state index in [1.807, 2.05) is 6.07 Å². The Labute approximate surface area is 81.9 Å². The zero-order valence-electron chi connectivity index (χ0n) is 7.86. The fraction of sp³-hybridized carbons (Fsp3) is 0.364. The van der Waals surface area contributed by atoms with E-state index < -0.39 is 0 Å². The van der Waals surface area contributed by atoms with E-state index in [0.29, 0.717) is 0 Å². The van der Waals surface area contributed by atoms with Gasteiger partial charge in [-0.15, -0.1) is 0 Å². The molecule has 0 saturated heterocycles. The Morgan fingerprint density at radius 2 is 2.29 bits per heavy atom. The van der Waals surface area contributed by atoms with Crippen molar-refractivity contribution in [3.63, 3.8) is 0 Å². The van der Waals surface area contributed by atoms with Crippen LogP contribution in [0.1, 0.15) is 18.4 Å². The highest BCUT2D eigenvalue weighted by molar-refractivity contribution is 5.72. The number of hydrogen-bond donors (Lipinski definition) is 1. The van der Waals surface area contributed by atoms with Gasteiger partial charge in [-0.3, -0.25) is 0 Å². The van der Waals surface area contributed by atoms with Crippen LogP contribution in [0.4, 0.5) is 0 Å². The van der Waals surface area contributed by atoms with Gasteiger partial charge in [0, 0.05) is 5.54 Å². The maximum Gasteiger partial charge on any atom is 0.181 e. The van der Waals surface area contributed by atoms with Crippen LogP contribution in [0.5, 0.6) is 0 Å². The zero-order chi connectivity index (χ0) is 9.60. The third kappa shape index (κ3) is 1.30. The average molecular weight is 188 g/mol. The molecule has 0 atom stereocenters. The number of fused-ring (bicyclic) bond motifs is 1. The maximum absolute atomic E-state index is 6.05. The Hall–Kier alpha value is -1.35. The molecule has 3 nitrogen and oxygen atoms in total. The van der Waals surface area contributed by atoms with E-state index in [1.54, 1.807) is 0 Å². The summed E-state index contributed by atoms with van der Waals surface area (Å²) in [6.07, 6.45) is 4.72. The van der Waals surface area contributed by atoms with Crippen LogP contribution in [0, 0.1) is 0 Å². The molecule has 2 aromatic rings. The normalized spacial score (nSPS) is 18.6. The maximum atomic E-state index is 6.05. The zero-order valence-corrected chi connectivity index (χ0v) is 7.86. The van der Waals surface area contributed by atoms with Gasteiger partial charge in [-0.1, -0.05) is 6.07 Å². The number of nitrogens with two attached hydrogens (primary N) is 1. The molecule has 1 aromatic heterocycles. The highest BCUT2D eigenvalue weighted by atomic mass is 16.3. The molecule has 1 aromatic carbocycles. The highest BCUT2D eigenvalue weighted by Gasteiger charge is 2.37. The summed E-state index contributed by atoms with van der Waals surface area (Å²) in [5.41, 5.74) is 9.14. The average Bonchev–Trinajstić information content (AvgIpc) is 2.73. The molecule has 1 heterocycles. The summed E-state index contributed by atoms with van der Waals surface area (Å²) in [4.78, 5) is 4.12. The van der Waals surface area contributed by atoms with Crippen molar-refractivity contribution in [2.24, 2.45) is 5.73 Å². The fourth-order valence-corrected chi connectivity index (χ4v) is 1.76. The molecule has 0 radical (unpaired) electrons. The summed E-state index contributed by atoms with van der Waals surface area (Å²) in [5.74, 6) is 0. The molecule has 1 saturated carbocycles. The van der Waals surface area contributed by atoms with Crippen LogP contribution in [0.15, 0.2) is 29.0 Å². The van der Waals surface area contributed by atoms with Gasteiger partial charge in [0.1, 0.15) is 5.52 Å². The fourth-order valence-electron chi connectivity index (χ4n) is 1.76. The number of aromatic nitrogens is 1. The molecule has 0 bridgehead atoms. The third-order valence-electron chi connectivity index (χ3n) is 2.84. The van der Waals surface area contributed by atoms with Gasteiger partial charge in [-0.2, -0.15) is 0 Å². The molecule has 2 N–H and O–H groups in total. The van der Waals surface area contributed by atoms with Crippen molar-refractivity contribution in [2.45, 2.75) is 24.8 Å². The lowest BCUT2D eigenvalue weighted by Crippen LogP contribution is -2.24. The van der Waals surface area contributed by atoms with E-state index in [0.717, 1.165) is 30.4 Å². The minimum atomic E-state index is 0.0669. The first kappa shape index (κ1) is 8.00. The molecular weight excluding hydrogens is 176 g/mol. The summed E-state index contributed by atoms with van der Waals surface area (Å²) >= 11 is 0. The van der Waals surface area contributed by atoms with Gasteiger partial charge in [0.15, 0.2) is 12.0 Å². The lowest BCUT2D eigenvalue weighted by atomic mass is 10.0.